The quantitative estimate of drug-likeness (QED) is 0.591. The first-order valence-corrected chi connectivity index (χ1v) is 8.87. The first kappa shape index (κ1) is 18.6. The Bertz CT molecular complexity index is 913. The molecule has 2 aromatic rings. The maximum Gasteiger partial charge on any atom is 0.262 e. The molecule has 0 radical (unpaired) electrons. The van der Waals surface area contributed by atoms with Crippen LogP contribution in [0.3, 0.4) is 0 Å². The Morgan fingerprint density at radius 1 is 0.926 bits per heavy atom. The fourth-order valence-electron chi connectivity index (χ4n) is 3.11. The van der Waals surface area contributed by atoms with Crippen molar-refractivity contribution in [2.45, 2.75) is 26.3 Å². The molecule has 0 aliphatic carbocycles. The zero-order valence-electron chi connectivity index (χ0n) is 15.1. The minimum absolute atomic E-state index is 0.0374. The number of aromatic nitrogens is 1. The summed E-state index contributed by atoms with van der Waals surface area (Å²) < 4.78 is 1.70. The minimum Gasteiger partial charge on any atom is -0.355 e. The number of carbonyl (C=O) groups excluding carboxylic acids is 3. The van der Waals surface area contributed by atoms with E-state index in [0.29, 0.717) is 30.6 Å². The van der Waals surface area contributed by atoms with Crippen LogP contribution >= 0.6 is 0 Å². The minimum atomic E-state index is -0.440. The number of hydrogen-bond acceptors (Lipinski definition) is 4. The molecule has 0 fully saturated rings. The van der Waals surface area contributed by atoms with Gasteiger partial charge in [-0.1, -0.05) is 18.2 Å². The van der Waals surface area contributed by atoms with E-state index in [1.165, 1.54) is 6.07 Å². The molecule has 3 rings (SSSR count). The van der Waals surface area contributed by atoms with Gasteiger partial charge in [-0.2, -0.15) is 0 Å². The lowest BCUT2D eigenvalue weighted by atomic mass is 10.1. The van der Waals surface area contributed by atoms with Crippen LogP contribution in [0.15, 0.2) is 47.3 Å². The molecule has 2 heterocycles. The van der Waals surface area contributed by atoms with Crippen LogP contribution in [0.2, 0.25) is 0 Å². The summed E-state index contributed by atoms with van der Waals surface area (Å²) in [5.41, 5.74) is 1.53. The Hall–Kier alpha value is -3.22. The molecule has 27 heavy (non-hydrogen) atoms. The molecule has 0 atom stereocenters. The fraction of sp³-hybridized carbons (Fsp3) is 0.300. The first-order chi connectivity index (χ1) is 13.0. The maximum atomic E-state index is 12.2. The first-order valence-electron chi connectivity index (χ1n) is 8.87. The van der Waals surface area contributed by atoms with Gasteiger partial charge >= 0.3 is 0 Å². The van der Waals surface area contributed by atoms with Crippen LogP contribution in [0.1, 0.15) is 39.3 Å². The van der Waals surface area contributed by atoms with Crippen LogP contribution in [0.5, 0.6) is 0 Å². The van der Waals surface area contributed by atoms with E-state index in [9.17, 15) is 19.2 Å². The molecule has 0 saturated carbocycles. The molecular formula is C20H21N3O4. The molecule has 0 saturated heterocycles. The van der Waals surface area contributed by atoms with Crippen LogP contribution in [0.4, 0.5) is 0 Å². The van der Waals surface area contributed by atoms with E-state index in [-0.39, 0.29) is 18.0 Å². The van der Waals surface area contributed by atoms with E-state index in [1.54, 1.807) is 34.9 Å². The zero-order valence-corrected chi connectivity index (χ0v) is 15.1. The van der Waals surface area contributed by atoms with Crippen LogP contribution in [-0.2, 0) is 11.3 Å². The van der Waals surface area contributed by atoms with Gasteiger partial charge in [-0.25, -0.2) is 0 Å². The van der Waals surface area contributed by atoms with E-state index in [1.807, 2.05) is 13.0 Å². The summed E-state index contributed by atoms with van der Waals surface area (Å²) >= 11 is 0. The number of benzene rings is 1. The van der Waals surface area contributed by atoms with E-state index in [4.69, 9.17) is 0 Å². The molecule has 1 N–H and O–H groups in total. The summed E-state index contributed by atoms with van der Waals surface area (Å²) in [6.07, 6.45) is 1.42. The Labute approximate surface area is 156 Å². The van der Waals surface area contributed by atoms with Gasteiger partial charge in [-0.05, 0) is 38.0 Å². The lowest BCUT2D eigenvalue weighted by molar-refractivity contribution is -0.121. The fourth-order valence-corrected chi connectivity index (χ4v) is 3.11. The summed E-state index contributed by atoms with van der Waals surface area (Å²) in [7, 11) is 0. The number of imide groups is 1. The topological polar surface area (TPSA) is 88.5 Å². The second-order valence-corrected chi connectivity index (χ2v) is 6.46. The number of carbonyl (C=O) groups is 3. The second-order valence-electron chi connectivity index (χ2n) is 6.46. The van der Waals surface area contributed by atoms with Gasteiger partial charge in [-0.15, -0.1) is 0 Å². The molecule has 0 bridgehead atoms. The average Bonchev–Trinajstić information content (AvgIpc) is 2.89. The predicted octanol–water partition coefficient (Wildman–Crippen LogP) is 1.35. The lowest BCUT2D eigenvalue weighted by Gasteiger charge is -2.14. The van der Waals surface area contributed by atoms with Gasteiger partial charge in [0, 0.05) is 24.8 Å². The highest BCUT2D eigenvalue weighted by Gasteiger charge is 2.36. The molecule has 7 nitrogen and oxygen atoms in total. The number of aryl methyl sites for hydroxylation is 1. The third kappa shape index (κ3) is 3.97. The third-order valence-electron chi connectivity index (χ3n) is 4.58. The second kappa shape index (κ2) is 7.99. The van der Waals surface area contributed by atoms with Crippen molar-refractivity contribution in [3.63, 3.8) is 0 Å². The molecule has 0 unspecified atom stereocenters. The van der Waals surface area contributed by atoms with Gasteiger partial charge in [0.15, 0.2) is 0 Å². The van der Waals surface area contributed by atoms with Gasteiger partial charge in [-0.3, -0.25) is 24.1 Å². The normalized spacial score (nSPS) is 13.0. The molecule has 1 aromatic carbocycles. The summed E-state index contributed by atoms with van der Waals surface area (Å²) in [5, 5.41) is 2.72. The number of pyridine rings is 1. The number of nitrogens with one attached hydrogen (secondary N) is 1. The number of fused-ring (bicyclic) bond motifs is 1. The van der Waals surface area contributed by atoms with Crippen LogP contribution < -0.4 is 10.9 Å². The van der Waals surface area contributed by atoms with Crippen molar-refractivity contribution in [2.75, 3.05) is 13.1 Å². The number of amides is 3. The van der Waals surface area contributed by atoms with Gasteiger partial charge in [0.25, 0.3) is 17.4 Å². The Balaban J connectivity index is 1.44. The molecule has 1 aromatic heterocycles. The van der Waals surface area contributed by atoms with E-state index in [0.717, 1.165) is 17.0 Å². The number of unbranched alkanes of at least 4 members (excludes halogenated alkanes) is 1. The summed E-state index contributed by atoms with van der Waals surface area (Å²) in [6.45, 7) is 2.59. The highest BCUT2D eigenvalue weighted by Crippen LogP contribution is 2.21. The Morgan fingerprint density at radius 3 is 2.22 bits per heavy atom. The van der Waals surface area contributed by atoms with E-state index in [2.05, 4.69) is 5.32 Å². The van der Waals surface area contributed by atoms with Crippen molar-refractivity contribution in [3.05, 3.63) is 69.6 Å². The number of hydrogen-bond donors (Lipinski definition) is 1. The summed E-state index contributed by atoms with van der Waals surface area (Å²) in [6, 6.07) is 11.7. The van der Waals surface area contributed by atoms with Gasteiger partial charge < -0.3 is 9.88 Å². The third-order valence-corrected chi connectivity index (χ3v) is 4.58. The standard InChI is InChI=1S/C20H21N3O4/c1-14-7-6-10-18(25)22(14)12-5-4-11-21-17(24)13-23-19(26)15-8-2-3-9-16(15)20(23)27/h2-3,6-10H,4-5,11-13H2,1H3,(H,21,24). The van der Waals surface area contributed by atoms with Gasteiger partial charge in [0.1, 0.15) is 6.54 Å². The van der Waals surface area contributed by atoms with Crippen LogP contribution in [0, 0.1) is 6.92 Å². The monoisotopic (exact) mass is 367 g/mol. The predicted molar refractivity (Wildman–Crippen MR) is 99.5 cm³/mol. The van der Waals surface area contributed by atoms with Crippen molar-refractivity contribution in [2.24, 2.45) is 0 Å². The Kier molecular flexibility index (Phi) is 5.49. The highest BCUT2D eigenvalue weighted by molar-refractivity contribution is 6.22. The maximum absolute atomic E-state index is 12.2. The van der Waals surface area contributed by atoms with Crippen molar-refractivity contribution in [1.29, 1.82) is 0 Å². The summed E-state index contributed by atoms with van der Waals surface area (Å²) in [4.78, 5) is 49.3. The molecule has 7 heteroatoms. The molecule has 3 amide bonds. The molecule has 140 valence electrons. The summed E-state index contributed by atoms with van der Waals surface area (Å²) in [5.74, 6) is -1.26. The van der Waals surface area contributed by atoms with Crippen molar-refractivity contribution in [3.8, 4) is 0 Å². The molecular weight excluding hydrogens is 346 g/mol. The van der Waals surface area contributed by atoms with Gasteiger partial charge in [0.05, 0.1) is 11.1 Å². The lowest BCUT2D eigenvalue weighted by Crippen LogP contribution is -2.40. The Morgan fingerprint density at radius 2 is 1.59 bits per heavy atom. The molecule has 1 aliphatic rings. The average molecular weight is 367 g/mol. The van der Waals surface area contributed by atoms with E-state index >= 15 is 0 Å². The van der Waals surface area contributed by atoms with Crippen molar-refractivity contribution in [1.82, 2.24) is 14.8 Å². The SMILES string of the molecule is Cc1cccc(=O)n1CCCCNC(=O)CN1C(=O)c2ccccc2C1=O. The largest absolute Gasteiger partial charge is 0.355 e. The van der Waals surface area contributed by atoms with Gasteiger partial charge in [0.2, 0.25) is 5.91 Å². The zero-order chi connectivity index (χ0) is 19.4. The number of nitrogens with zero attached hydrogens (tertiary/aromatic N) is 2. The van der Waals surface area contributed by atoms with Crippen molar-refractivity contribution >= 4 is 17.7 Å². The van der Waals surface area contributed by atoms with Crippen LogP contribution in [-0.4, -0.2) is 40.3 Å². The van der Waals surface area contributed by atoms with E-state index < -0.39 is 11.8 Å². The number of rotatable bonds is 7. The molecule has 0 spiro atoms. The van der Waals surface area contributed by atoms with Crippen molar-refractivity contribution < 1.29 is 14.4 Å². The highest BCUT2D eigenvalue weighted by atomic mass is 16.2. The smallest absolute Gasteiger partial charge is 0.262 e. The van der Waals surface area contributed by atoms with Crippen LogP contribution in [0.25, 0.3) is 0 Å². The molecule has 1 aliphatic heterocycles.